The molecule has 0 aliphatic heterocycles. The Hall–Kier alpha value is -3.69. The Morgan fingerprint density at radius 3 is 2.33 bits per heavy atom. The molecule has 0 radical (unpaired) electrons. The van der Waals surface area contributed by atoms with Gasteiger partial charge in [0, 0.05) is 25.0 Å². The molecule has 3 aromatic carbocycles. The number of hydrogen-bond acceptors (Lipinski definition) is 5. The fraction of sp³-hybridized carbons (Fsp3) is 0.300. The minimum atomic E-state index is -3.88. The number of carbonyl (C=O) groups excluding carboxylic acids is 1. The van der Waals surface area contributed by atoms with Crippen LogP contribution in [-0.2, 0) is 32.0 Å². The Labute approximate surface area is 228 Å². The van der Waals surface area contributed by atoms with Crippen molar-refractivity contribution >= 4 is 32.8 Å². The molecule has 0 saturated heterocycles. The van der Waals surface area contributed by atoms with Crippen molar-refractivity contribution in [2.45, 2.75) is 51.2 Å². The van der Waals surface area contributed by atoms with Crippen molar-refractivity contribution in [1.29, 1.82) is 0 Å². The number of fused-ring (bicyclic) bond motifs is 1. The zero-order chi connectivity index (χ0) is 28.2. The third-order valence-electron chi connectivity index (χ3n) is 6.10. The molecule has 0 fully saturated rings. The van der Waals surface area contributed by atoms with Crippen molar-refractivity contribution in [2.24, 2.45) is 0 Å². The van der Waals surface area contributed by atoms with Crippen LogP contribution < -0.4 is 4.90 Å². The first kappa shape index (κ1) is 28.3. The van der Waals surface area contributed by atoms with Crippen LogP contribution in [0.5, 0.6) is 0 Å². The number of aromatic nitrogens is 1. The highest BCUT2D eigenvalue weighted by Gasteiger charge is 2.24. The van der Waals surface area contributed by atoms with Gasteiger partial charge < -0.3 is 9.30 Å². The molecule has 4 aromatic rings. The number of hydrogen-bond donors (Lipinski definition) is 0. The summed E-state index contributed by atoms with van der Waals surface area (Å²) in [5, 5.41) is 0.933. The number of carbonyl (C=O) groups is 1. The Kier molecular flexibility index (Phi) is 8.42. The van der Waals surface area contributed by atoms with Crippen molar-refractivity contribution in [3.05, 3.63) is 95.9 Å². The summed E-state index contributed by atoms with van der Waals surface area (Å²) in [4.78, 5) is 14.9. The van der Waals surface area contributed by atoms with Crippen LogP contribution in [0.25, 0.3) is 10.9 Å². The Morgan fingerprint density at radius 2 is 1.67 bits per heavy atom. The molecule has 9 heteroatoms. The standard InChI is InChI=1S/C30H33FN2O5S/c1-22-5-13-27(14-6-22)39(35,36)37-20-19-32-17-16-24-9-12-26(21-28(24)32)33(29(34)38-30(2,3)4)18-15-23-7-10-25(31)11-8-23/h5-14,16-17,21H,15,18-20H2,1-4H3. The van der Waals surface area contributed by atoms with Gasteiger partial charge in [-0.1, -0.05) is 35.9 Å². The van der Waals surface area contributed by atoms with Crippen molar-refractivity contribution in [3.8, 4) is 0 Å². The van der Waals surface area contributed by atoms with Crippen LogP contribution in [0.2, 0.25) is 0 Å². The third-order valence-corrected chi connectivity index (χ3v) is 7.43. The number of aryl methyl sites for hydroxylation is 1. The number of halogens is 1. The van der Waals surface area contributed by atoms with E-state index >= 15 is 0 Å². The summed E-state index contributed by atoms with van der Waals surface area (Å²) in [6, 6.07) is 20.2. The molecule has 1 aromatic heterocycles. The molecule has 0 spiro atoms. The summed E-state index contributed by atoms with van der Waals surface area (Å²) < 4.78 is 51.3. The average molecular weight is 553 g/mol. The molecule has 0 unspecified atom stereocenters. The van der Waals surface area contributed by atoms with E-state index in [0.717, 1.165) is 22.0 Å². The molecule has 0 bridgehead atoms. The molecule has 0 N–H and O–H groups in total. The van der Waals surface area contributed by atoms with Crippen LogP contribution in [0, 0.1) is 12.7 Å². The second-order valence-electron chi connectivity index (χ2n) is 10.3. The predicted octanol–water partition coefficient (Wildman–Crippen LogP) is 6.48. The molecule has 1 heterocycles. The maximum atomic E-state index is 13.3. The van der Waals surface area contributed by atoms with E-state index in [2.05, 4.69) is 0 Å². The van der Waals surface area contributed by atoms with Crippen LogP contribution in [0.3, 0.4) is 0 Å². The molecule has 7 nitrogen and oxygen atoms in total. The fourth-order valence-corrected chi connectivity index (χ4v) is 4.99. The lowest BCUT2D eigenvalue weighted by atomic mass is 10.1. The van der Waals surface area contributed by atoms with Gasteiger partial charge in [-0.2, -0.15) is 8.42 Å². The lowest BCUT2D eigenvalue weighted by Gasteiger charge is -2.27. The number of anilines is 1. The first-order chi connectivity index (χ1) is 18.4. The van der Waals surface area contributed by atoms with Crippen LogP contribution in [0.15, 0.2) is 83.9 Å². The van der Waals surface area contributed by atoms with E-state index in [4.69, 9.17) is 8.92 Å². The van der Waals surface area contributed by atoms with Gasteiger partial charge in [0.1, 0.15) is 11.4 Å². The van der Waals surface area contributed by atoms with E-state index in [1.54, 1.807) is 29.2 Å². The zero-order valence-electron chi connectivity index (χ0n) is 22.6. The van der Waals surface area contributed by atoms with Crippen molar-refractivity contribution in [2.75, 3.05) is 18.1 Å². The maximum absolute atomic E-state index is 13.3. The number of amides is 1. The molecular formula is C30H33FN2O5S. The van der Waals surface area contributed by atoms with Crippen LogP contribution in [0.4, 0.5) is 14.9 Å². The number of ether oxygens (including phenoxy) is 1. The summed E-state index contributed by atoms with van der Waals surface area (Å²) in [6.07, 6.45) is 1.87. The molecule has 0 aliphatic rings. The van der Waals surface area contributed by atoms with E-state index in [9.17, 15) is 17.6 Å². The summed E-state index contributed by atoms with van der Waals surface area (Å²) >= 11 is 0. The molecule has 1 amide bonds. The summed E-state index contributed by atoms with van der Waals surface area (Å²) in [7, 11) is -3.88. The van der Waals surface area contributed by atoms with Crippen LogP contribution in [-0.4, -0.2) is 37.8 Å². The largest absolute Gasteiger partial charge is 0.443 e. The second-order valence-corrected chi connectivity index (χ2v) is 12.0. The fourth-order valence-electron chi connectivity index (χ4n) is 4.09. The molecule has 206 valence electrons. The number of nitrogens with zero attached hydrogens (tertiary/aromatic N) is 2. The monoisotopic (exact) mass is 552 g/mol. The lowest BCUT2D eigenvalue weighted by molar-refractivity contribution is 0.0580. The lowest BCUT2D eigenvalue weighted by Crippen LogP contribution is -2.38. The highest BCUT2D eigenvalue weighted by atomic mass is 32.2. The van der Waals surface area contributed by atoms with Gasteiger partial charge in [-0.3, -0.25) is 9.08 Å². The Morgan fingerprint density at radius 1 is 0.974 bits per heavy atom. The smallest absolute Gasteiger partial charge is 0.414 e. The van der Waals surface area contributed by atoms with Crippen molar-refractivity contribution in [1.82, 2.24) is 4.57 Å². The summed E-state index contributed by atoms with van der Waals surface area (Å²) in [5.41, 5.74) is 2.62. The van der Waals surface area contributed by atoms with Gasteiger partial charge in [-0.25, -0.2) is 9.18 Å². The van der Waals surface area contributed by atoms with Gasteiger partial charge in [-0.15, -0.1) is 0 Å². The van der Waals surface area contributed by atoms with E-state index in [0.29, 0.717) is 25.2 Å². The van der Waals surface area contributed by atoms with E-state index in [-0.39, 0.29) is 17.3 Å². The van der Waals surface area contributed by atoms with Crippen molar-refractivity contribution < 1.29 is 26.5 Å². The van der Waals surface area contributed by atoms with Gasteiger partial charge in [0.15, 0.2) is 0 Å². The summed E-state index contributed by atoms with van der Waals surface area (Å²) in [5.74, 6) is -0.315. The second kappa shape index (κ2) is 11.6. The number of benzene rings is 3. The molecule has 0 atom stereocenters. The number of rotatable bonds is 9. The first-order valence-electron chi connectivity index (χ1n) is 12.7. The first-order valence-corrected chi connectivity index (χ1v) is 14.1. The van der Waals surface area contributed by atoms with Gasteiger partial charge in [-0.05, 0) is 87.5 Å². The average Bonchev–Trinajstić information content (AvgIpc) is 3.27. The molecule has 0 aliphatic carbocycles. The van der Waals surface area contributed by atoms with Crippen LogP contribution in [0.1, 0.15) is 31.9 Å². The maximum Gasteiger partial charge on any atom is 0.414 e. The molecule has 0 saturated carbocycles. The molecule has 39 heavy (non-hydrogen) atoms. The predicted molar refractivity (Wildman–Crippen MR) is 150 cm³/mol. The Balaban J connectivity index is 1.53. The van der Waals surface area contributed by atoms with Gasteiger partial charge >= 0.3 is 6.09 Å². The van der Waals surface area contributed by atoms with Gasteiger partial charge in [0.05, 0.1) is 17.0 Å². The van der Waals surface area contributed by atoms with E-state index < -0.39 is 21.8 Å². The highest BCUT2D eigenvalue weighted by molar-refractivity contribution is 7.86. The Bertz CT molecular complexity index is 1540. The van der Waals surface area contributed by atoms with E-state index in [1.807, 2.05) is 62.7 Å². The minimum absolute atomic E-state index is 0.0510. The van der Waals surface area contributed by atoms with Gasteiger partial charge in [0.2, 0.25) is 0 Å². The minimum Gasteiger partial charge on any atom is -0.443 e. The highest BCUT2D eigenvalue weighted by Crippen LogP contribution is 2.26. The van der Waals surface area contributed by atoms with Crippen LogP contribution >= 0.6 is 0 Å². The van der Waals surface area contributed by atoms with E-state index in [1.165, 1.54) is 24.3 Å². The zero-order valence-corrected chi connectivity index (χ0v) is 23.4. The third kappa shape index (κ3) is 7.46. The molecular weight excluding hydrogens is 519 g/mol. The quantitative estimate of drug-likeness (QED) is 0.222. The SMILES string of the molecule is Cc1ccc(S(=O)(=O)OCCn2ccc3ccc(N(CCc4ccc(F)cc4)C(=O)OC(C)(C)C)cc32)cc1. The summed E-state index contributed by atoms with van der Waals surface area (Å²) in [6.45, 7) is 7.87. The van der Waals surface area contributed by atoms with Crippen molar-refractivity contribution in [3.63, 3.8) is 0 Å². The normalized spacial score (nSPS) is 12.0. The van der Waals surface area contributed by atoms with Gasteiger partial charge in [0.25, 0.3) is 10.1 Å². The molecule has 4 rings (SSSR count). The topological polar surface area (TPSA) is 77.8 Å².